The van der Waals surface area contributed by atoms with Crippen LogP contribution < -0.4 is 5.32 Å². The molecule has 1 saturated carbocycles. The van der Waals surface area contributed by atoms with Crippen LogP contribution in [-0.4, -0.2) is 17.1 Å². The van der Waals surface area contributed by atoms with E-state index in [-0.39, 0.29) is 0 Å². The molecule has 2 heterocycles. The first kappa shape index (κ1) is 10.7. The van der Waals surface area contributed by atoms with E-state index in [9.17, 15) is 0 Å². The van der Waals surface area contributed by atoms with Gasteiger partial charge in [-0.15, -0.1) is 0 Å². The molecule has 0 radical (unpaired) electrons. The van der Waals surface area contributed by atoms with Crippen molar-refractivity contribution in [2.24, 2.45) is 5.92 Å². The molecule has 0 aromatic carbocycles. The van der Waals surface area contributed by atoms with Gasteiger partial charge in [-0.2, -0.15) is 0 Å². The Kier molecular flexibility index (Phi) is 2.76. The van der Waals surface area contributed by atoms with E-state index in [1.165, 1.54) is 37.9 Å². The molecule has 0 spiro atoms. The Bertz CT molecular complexity index is 364. The number of aromatic nitrogens is 1. The van der Waals surface area contributed by atoms with Crippen LogP contribution in [0.1, 0.15) is 31.4 Å². The smallest absolute Gasteiger partial charge is 0.0422 e. The second-order valence-electron chi connectivity index (χ2n) is 5.11. The van der Waals surface area contributed by atoms with Crippen LogP contribution in [0.3, 0.4) is 0 Å². The van der Waals surface area contributed by atoms with E-state index < -0.39 is 0 Å². The molecule has 1 aliphatic heterocycles. The lowest BCUT2D eigenvalue weighted by Crippen LogP contribution is -2.44. The Balaban J connectivity index is 1.78. The van der Waals surface area contributed by atoms with Gasteiger partial charge in [-0.3, -0.25) is 4.98 Å². The summed E-state index contributed by atoms with van der Waals surface area (Å²) in [7, 11) is 0. The number of hydrogen-bond donors (Lipinski definition) is 1. The van der Waals surface area contributed by atoms with Gasteiger partial charge >= 0.3 is 0 Å². The Hall–Kier alpha value is -0.410. The van der Waals surface area contributed by atoms with E-state index >= 15 is 0 Å². The summed E-state index contributed by atoms with van der Waals surface area (Å²) in [5.74, 6) is 0.903. The Morgan fingerprint density at radius 3 is 2.88 bits per heavy atom. The van der Waals surface area contributed by atoms with E-state index in [0.29, 0.717) is 5.54 Å². The quantitative estimate of drug-likeness (QED) is 0.921. The van der Waals surface area contributed by atoms with E-state index in [4.69, 9.17) is 0 Å². The summed E-state index contributed by atoms with van der Waals surface area (Å²) >= 11 is 3.43. The average molecular weight is 281 g/mol. The topological polar surface area (TPSA) is 24.9 Å². The summed E-state index contributed by atoms with van der Waals surface area (Å²) in [6, 6.07) is 4.24. The van der Waals surface area contributed by atoms with Gasteiger partial charge in [0.2, 0.25) is 0 Å². The van der Waals surface area contributed by atoms with Crippen LogP contribution in [-0.2, 0) is 6.42 Å². The van der Waals surface area contributed by atoms with Gasteiger partial charge in [0.05, 0.1) is 0 Å². The molecule has 1 saturated heterocycles. The molecular formula is C13H17BrN2. The van der Waals surface area contributed by atoms with Crippen LogP contribution in [0.2, 0.25) is 0 Å². The van der Waals surface area contributed by atoms with Crippen molar-refractivity contribution in [3.05, 3.63) is 28.5 Å². The van der Waals surface area contributed by atoms with Crippen molar-refractivity contribution in [1.82, 2.24) is 10.3 Å². The first-order chi connectivity index (χ1) is 7.78. The minimum absolute atomic E-state index is 0.376. The molecule has 86 valence electrons. The number of pyridine rings is 1. The maximum absolute atomic E-state index is 4.51. The maximum atomic E-state index is 4.51. The molecular weight excluding hydrogens is 264 g/mol. The molecule has 2 fully saturated rings. The first-order valence-corrected chi connectivity index (χ1v) is 6.93. The lowest BCUT2D eigenvalue weighted by atomic mass is 9.86. The van der Waals surface area contributed by atoms with E-state index in [2.05, 4.69) is 38.4 Å². The van der Waals surface area contributed by atoms with E-state index in [1.807, 2.05) is 6.20 Å². The molecule has 1 N–H and O–H groups in total. The largest absolute Gasteiger partial charge is 0.311 e. The molecule has 2 aliphatic rings. The molecule has 1 aromatic heterocycles. The summed E-state index contributed by atoms with van der Waals surface area (Å²) in [4.78, 5) is 4.51. The third-order valence-electron chi connectivity index (χ3n) is 3.92. The molecule has 3 heteroatoms. The molecule has 0 amide bonds. The van der Waals surface area contributed by atoms with Crippen LogP contribution in [0.25, 0.3) is 0 Å². The molecule has 3 rings (SSSR count). The highest BCUT2D eigenvalue weighted by Gasteiger charge is 2.46. The van der Waals surface area contributed by atoms with Gasteiger partial charge < -0.3 is 5.32 Å². The fourth-order valence-electron chi connectivity index (χ4n) is 2.94. The zero-order valence-corrected chi connectivity index (χ0v) is 11.0. The second kappa shape index (κ2) is 4.11. The highest BCUT2D eigenvalue weighted by atomic mass is 79.9. The van der Waals surface area contributed by atoms with Crippen molar-refractivity contribution in [3.63, 3.8) is 0 Å². The monoisotopic (exact) mass is 280 g/mol. The zero-order valence-electron chi connectivity index (χ0n) is 9.38. The average Bonchev–Trinajstić information content (AvgIpc) is 3.05. The minimum Gasteiger partial charge on any atom is -0.311 e. The van der Waals surface area contributed by atoms with Gasteiger partial charge in [0.25, 0.3) is 0 Å². The molecule has 0 bridgehead atoms. The van der Waals surface area contributed by atoms with Crippen molar-refractivity contribution in [2.75, 3.05) is 6.54 Å². The number of rotatable bonds is 3. The highest BCUT2D eigenvalue weighted by molar-refractivity contribution is 9.10. The van der Waals surface area contributed by atoms with Crippen molar-refractivity contribution in [3.8, 4) is 0 Å². The summed E-state index contributed by atoms with van der Waals surface area (Å²) < 4.78 is 1.07. The first-order valence-electron chi connectivity index (χ1n) is 6.14. The van der Waals surface area contributed by atoms with Crippen LogP contribution in [0.5, 0.6) is 0 Å². The summed E-state index contributed by atoms with van der Waals surface area (Å²) in [5.41, 5.74) is 1.60. The predicted molar refractivity (Wildman–Crippen MR) is 68.3 cm³/mol. The molecule has 16 heavy (non-hydrogen) atoms. The maximum Gasteiger partial charge on any atom is 0.0422 e. The number of nitrogens with zero attached hydrogens (tertiary/aromatic N) is 1. The summed E-state index contributed by atoms with van der Waals surface area (Å²) in [6.45, 7) is 1.19. The second-order valence-corrected chi connectivity index (χ2v) is 6.02. The summed E-state index contributed by atoms with van der Waals surface area (Å²) in [6.07, 6.45) is 8.48. The number of nitrogens with one attached hydrogen (secondary N) is 1. The third kappa shape index (κ3) is 2.03. The minimum atomic E-state index is 0.376. The highest BCUT2D eigenvalue weighted by Crippen LogP contribution is 2.45. The molecule has 1 aliphatic carbocycles. The number of halogens is 1. The third-order valence-corrected chi connectivity index (χ3v) is 4.39. The van der Waals surface area contributed by atoms with Crippen molar-refractivity contribution >= 4 is 15.9 Å². The predicted octanol–water partition coefficient (Wildman–Crippen LogP) is 2.92. The molecule has 2 nitrogen and oxygen atoms in total. The fraction of sp³-hybridized carbons (Fsp3) is 0.615. The zero-order chi connectivity index (χ0) is 11.0. The van der Waals surface area contributed by atoms with Crippen LogP contribution in [0.15, 0.2) is 22.8 Å². The van der Waals surface area contributed by atoms with Crippen LogP contribution in [0, 0.1) is 5.92 Å². The molecule has 1 aromatic rings. The standard InChI is InChI=1S/C13H17BrN2/c14-11-4-5-12(15-9-11)8-13(10-2-3-10)6-1-7-16-13/h4-5,9-10,16H,1-3,6-8H2. The normalized spacial score (nSPS) is 29.6. The van der Waals surface area contributed by atoms with E-state index in [0.717, 1.165) is 16.8 Å². The molecule has 1 unspecified atom stereocenters. The van der Waals surface area contributed by atoms with E-state index in [1.54, 1.807) is 0 Å². The van der Waals surface area contributed by atoms with Gasteiger partial charge in [0.1, 0.15) is 0 Å². The Morgan fingerprint density at radius 2 is 2.31 bits per heavy atom. The van der Waals surface area contributed by atoms with Crippen molar-refractivity contribution in [2.45, 2.75) is 37.6 Å². The fourth-order valence-corrected chi connectivity index (χ4v) is 3.18. The van der Waals surface area contributed by atoms with Crippen LogP contribution >= 0.6 is 15.9 Å². The Labute approximate surface area is 105 Å². The molecule has 1 atom stereocenters. The lowest BCUT2D eigenvalue weighted by Gasteiger charge is -2.29. The lowest BCUT2D eigenvalue weighted by molar-refractivity contribution is 0.320. The van der Waals surface area contributed by atoms with Crippen molar-refractivity contribution < 1.29 is 0 Å². The Morgan fingerprint density at radius 1 is 1.44 bits per heavy atom. The van der Waals surface area contributed by atoms with Gasteiger partial charge in [-0.25, -0.2) is 0 Å². The van der Waals surface area contributed by atoms with Gasteiger partial charge in [0, 0.05) is 28.3 Å². The summed E-state index contributed by atoms with van der Waals surface area (Å²) in [5, 5.41) is 3.74. The SMILES string of the molecule is Brc1ccc(CC2(C3CC3)CCCN2)nc1. The van der Waals surface area contributed by atoms with Gasteiger partial charge in [-0.05, 0) is 66.2 Å². The number of hydrogen-bond acceptors (Lipinski definition) is 2. The van der Waals surface area contributed by atoms with Crippen molar-refractivity contribution in [1.29, 1.82) is 0 Å². The van der Waals surface area contributed by atoms with Gasteiger partial charge in [0.15, 0.2) is 0 Å². The van der Waals surface area contributed by atoms with Gasteiger partial charge in [-0.1, -0.05) is 0 Å². The van der Waals surface area contributed by atoms with Crippen LogP contribution in [0.4, 0.5) is 0 Å².